The predicted molar refractivity (Wildman–Crippen MR) is 69.1 cm³/mol. The molecule has 1 saturated heterocycles. The van der Waals surface area contributed by atoms with Crippen LogP contribution in [0.25, 0.3) is 0 Å². The van der Waals surface area contributed by atoms with E-state index in [0.29, 0.717) is 10.6 Å². The highest BCUT2D eigenvalue weighted by Crippen LogP contribution is 2.49. The van der Waals surface area contributed by atoms with Gasteiger partial charge in [-0.25, -0.2) is 13.6 Å². The molecule has 8 heteroatoms. The van der Waals surface area contributed by atoms with E-state index in [0.717, 1.165) is 12.3 Å². The lowest BCUT2D eigenvalue weighted by molar-refractivity contribution is -0.188. The Labute approximate surface area is 118 Å². The predicted octanol–water partition coefficient (Wildman–Crippen LogP) is 0.551. The molecule has 1 aromatic rings. The van der Waals surface area contributed by atoms with E-state index in [1.807, 2.05) is 4.98 Å². The summed E-state index contributed by atoms with van der Waals surface area (Å²) in [6, 6.07) is 0.958. The van der Waals surface area contributed by atoms with Gasteiger partial charge in [-0.3, -0.25) is 14.3 Å². The molecular formula is C13H14F2N2O4. The topological polar surface area (TPSA) is 84.3 Å². The molecule has 4 atom stereocenters. The van der Waals surface area contributed by atoms with E-state index in [1.165, 1.54) is 6.92 Å². The van der Waals surface area contributed by atoms with E-state index >= 15 is 0 Å². The first-order valence-electron chi connectivity index (χ1n) is 6.20. The van der Waals surface area contributed by atoms with Gasteiger partial charge in [-0.15, -0.1) is 5.73 Å². The van der Waals surface area contributed by atoms with Crippen LogP contribution in [0.3, 0.4) is 0 Å². The van der Waals surface area contributed by atoms with Gasteiger partial charge in [0.05, 0.1) is 0 Å². The van der Waals surface area contributed by atoms with Crippen molar-refractivity contribution in [2.24, 2.45) is 0 Å². The molecule has 1 aromatic heterocycles. The lowest BCUT2D eigenvalue weighted by atomic mass is 9.93. The molecule has 21 heavy (non-hydrogen) atoms. The summed E-state index contributed by atoms with van der Waals surface area (Å²) in [5.74, 6) is -2.68. The molecule has 1 aliphatic rings. The second-order valence-electron chi connectivity index (χ2n) is 4.71. The van der Waals surface area contributed by atoms with Gasteiger partial charge in [0.2, 0.25) is 11.5 Å². The van der Waals surface area contributed by atoms with Crippen LogP contribution in [-0.2, 0) is 4.74 Å². The zero-order chi connectivity index (χ0) is 15.8. The first kappa shape index (κ1) is 15.4. The molecular weight excluding hydrogens is 286 g/mol. The fourth-order valence-corrected chi connectivity index (χ4v) is 2.27. The van der Waals surface area contributed by atoms with Crippen LogP contribution < -0.4 is 11.2 Å². The minimum absolute atomic E-state index is 0.334. The monoisotopic (exact) mass is 300 g/mol. The number of aliphatic hydroxyl groups is 1. The molecule has 1 fully saturated rings. The number of aromatic nitrogens is 2. The number of hydrogen-bond acceptors (Lipinski definition) is 4. The Morgan fingerprint density at radius 3 is 2.81 bits per heavy atom. The lowest BCUT2D eigenvalue weighted by Gasteiger charge is -2.25. The molecule has 2 heterocycles. The molecule has 0 aliphatic carbocycles. The molecule has 114 valence electrons. The largest absolute Gasteiger partial charge is 0.383 e. The van der Waals surface area contributed by atoms with Crippen molar-refractivity contribution < 1.29 is 18.6 Å². The first-order valence-corrected chi connectivity index (χ1v) is 6.20. The van der Waals surface area contributed by atoms with E-state index < -0.39 is 35.1 Å². The fraction of sp³-hybridized carbons (Fsp3) is 0.462. The van der Waals surface area contributed by atoms with Crippen molar-refractivity contribution in [2.75, 3.05) is 0 Å². The summed E-state index contributed by atoms with van der Waals surface area (Å²) in [6.45, 7) is 4.55. The molecule has 0 spiro atoms. The molecule has 4 unspecified atom stereocenters. The number of nitrogens with one attached hydrogen (secondary N) is 1. The van der Waals surface area contributed by atoms with Crippen molar-refractivity contribution in [3.05, 3.63) is 51.5 Å². The van der Waals surface area contributed by atoms with Gasteiger partial charge in [-0.2, -0.15) is 0 Å². The van der Waals surface area contributed by atoms with E-state index in [1.54, 1.807) is 0 Å². The summed E-state index contributed by atoms with van der Waals surface area (Å²) in [4.78, 5) is 24.7. The van der Waals surface area contributed by atoms with Crippen molar-refractivity contribution >= 4 is 0 Å². The highest BCUT2D eigenvalue weighted by molar-refractivity contribution is 5.16. The second kappa shape index (κ2) is 5.07. The van der Waals surface area contributed by atoms with Gasteiger partial charge < -0.3 is 9.84 Å². The third-order valence-electron chi connectivity index (χ3n) is 3.42. The number of alkyl halides is 2. The Kier molecular flexibility index (Phi) is 3.71. The zero-order valence-corrected chi connectivity index (χ0v) is 11.2. The molecule has 0 aromatic carbocycles. The van der Waals surface area contributed by atoms with Crippen LogP contribution in [0.4, 0.5) is 8.78 Å². The Morgan fingerprint density at radius 1 is 1.62 bits per heavy atom. The van der Waals surface area contributed by atoms with Gasteiger partial charge in [-0.1, -0.05) is 13.5 Å². The minimum atomic E-state index is -2.76. The maximum absolute atomic E-state index is 15.0. The average molecular weight is 300 g/mol. The van der Waals surface area contributed by atoms with Crippen LogP contribution in [0.5, 0.6) is 0 Å². The molecule has 0 saturated carbocycles. The maximum Gasteiger partial charge on any atom is 0.330 e. The number of ether oxygens (including phenoxy) is 1. The van der Waals surface area contributed by atoms with Gasteiger partial charge in [0.25, 0.3) is 5.56 Å². The normalized spacial score (nSPS) is 35.4. The van der Waals surface area contributed by atoms with Crippen molar-refractivity contribution in [3.8, 4) is 0 Å². The number of aliphatic hydroxyl groups excluding tert-OH is 1. The highest BCUT2D eigenvalue weighted by Gasteiger charge is 2.65. The molecule has 6 nitrogen and oxygen atoms in total. The van der Waals surface area contributed by atoms with Gasteiger partial charge in [0, 0.05) is 24.8 Å². The summed E-state index contributed by atoms with van der Waals surface area (Å²) < 4.78 is 35.0. The first-order chi connectivity index (χ1) is 9.78. The van der Waals surface area contributed by atoms with Crippen LogP contribution in [0, 0.1) is 0 Å². The number of rotatable bonds is 3. The number of nitrogens with zero attached hydrogens (tertiary/aromatic N) is 1. The van der Waals surface area contributed by atoms with E-state index in [4.69, 9.17) is 4.74 Å². The third-order valence-corrected chi connectivity index (χ3v) is 3.42. The average Bonchev–Trinajstić information content (AvgIpc) is 2.62. The number of H-pyrrole nitrogens is 1. The zero-order valence-electron chi connectivity index (χ0n) is 11.2. The van der Waals surface area contributed by atoms with Gasteiger partial charge in [0.15, 0.2) is 12.3 Å². The second-order valence-corrected chi connectivity index (χ2v) is 4.71. The molecule has 0 radical (unpaired) electrons. The summed E-state index contributed by atoms with van der Waals surface area (Å²) in [6.07, 6.45) is -2.63. The fourth-order valence-electron chi connectivity index (χ4n) is 2.27. The van der Waals surface area contributed by atoms with Crippen molar-refractivity contribution in [2.45, 2.75) is 37.2 Å². The lowest BCUT2D eigenvalue weighted by Crippen LogP contribution is -2.46. The molecule has 2 rings (SSSR count). The van der Waals surface area contributed by atoms with Crippen molar-refractivity contribution in [3.63, 3.8) is 0 Å². The van der Waals surface area contributed by atoms with E-state index in [-0.39, 0.29) is 6.42 Å². The van der Waals surface area contributed by atoms with Crippen molar-refractivity contribution in [1.82, 2.24) is 9.55 Å². The van der Waals surface area contributed by atoms with E-state index in [9.17, 15) is 23.5 Å². The summed E-state index contributed by atoms with van der Waals surface area (Å²) in [5.41, 5.74) is -2.31. The van der Waals surface area contributed by atoms with Crippen LogP contribution >= 0.6 is 0 Å². The van der Waals surface area contributed by atoms with Crippen LogP contribution in [0.1, 0.15) is 19.6 Å². The standard InChI is InChI=1S/C13H14F2N2O4/c1-3-6-12(14)9(19)13(15,4-2)21-10(12)17-7-5-8(18)16-11(17)20/h5-7,9-10,19H,1,4H2,2H3,(H,16,18,20). The van der Waals surface area contributed by atoms with Gasteiger partial charge in [0.1, 0.15) is 0 Å². The highest BCUT2D eigenvalue weighted by atomic mass is 19.2. The maximum atomic E-state index is 15.0. The van der Waals surface area contributed by atoms with Crippen molar-refractivity contribution in [1.29, 1.82) is 0 Å². The molecule has 1 aliphatic heterocycles. The SMILES string of the molecule is C=C=CC1(F)C(n2ccc(=O)[nH]c2=O)OC(F)(CC)C1O. The number of halogens is 2. The number of aromatic amines is 1. The van der Waals surface area contributed by atoms with Crippen LogP contribution in [0.2, 0.25) is 0 Å². The quantitative estimate of drug-likeness (QED) is 0.799. The summed E-state index contributed by atoms with van der Waals surface area (Å²) >= 11 is 0. The number of hydrogen-bond donors (Lipinski definition) is 2. The summed E-state index contributed by atoms with van der Waals surface area (Å²) in [5, 5.41) is 9.91. The Bertz CT molecular complexity index is 709. The smallest absolute Gasteiger partial charge is 0.330 e. The molecule has 2 N–H and O–H groups in total. The third kappa shape index (κ3) is 2.27. The van der Waals surface area contributed by atoms with Crippen LogP contribution in [0.15, 0.2) is 40.2 Å². The van der Waals surface area contributed by atoms with Crippen LogP contribution in [-0.4, -0.2) is 32.3 Å². The Hall–Kier alpha value is -2.02. The molecule has 0 bridgehead atoms. The van der Waals surface area contributed by atoms with E-state index in [2.05, 4.69) is 12.3 Å². The van der Waals surface area contributed by atoms with Gasteiger partial charge in [-0.05, 0) is 0 Å². The van der Waals surface area contributed by atoms with Gasteiger partial charge >= 0.3 is 5.69 Å². The Morgan fingerprint density at radius 2 is 2.29 bits per heavy atom. The Balaban J connectivity index is 2.63. The molecule has 0 amide bonds. The summed E-state index contributed by atoms with van der Waals surface area (Å²) in [7, 11) is 0. The minimum Gasteiger partial charge on any atom is -0.383 e.